The van der Waals surface area contributed by atoms with E-state index in [9.17, 15) is 14.0 Å². The van der Waals surface area contributed by atoms with Crippen molar-refractivity contribution >= 4 is 40.6 Å². The second kappa shape index (κ2) is 5.95. The number of benzene rings is 2. The Hall–Kier alpha value is -1.91. The van der Waals surface area contributed by atoms with Gasteiger partial charge in [0.15, 0.2) is 5.78 Å². The maximum absolute atomic E-state index is 13.4. The highest BCUT2D eigenvalue weighted by Crippen LogP contribution is 2.33. The Balaban J connectivity index is 2.10. The van der Waals surface area contributed by atoms with Crippen molar-refractivity contribution in [1.29, 1.82) is 0 Å². The lowest BCUT2D eigenvalue weighted by Gasteiger charge is -2.34. The van der Waals surface area contributed by atoms with Crippen LogP contribution in [0.15, 0.2) is 36.4 Å². The summed E-state index contributed by atoms with van der Waals surface area (Å²) in [5.41, 5.74) is 0.930. The molecule has 1 aliphatic heterocycles. The average molecular weight is 352 g/mol. The number of amides is 1. The second-order valence-electron chi connectivity index (χ2n) is 5.47. The third-order valence-corrected chi connectivity index (χ3v) is 4.20. The minimum Gasteiger partial charge on any atom is -0.304 e. The highest BCUT2D eigenvalue weighted by molar-refractivity contribution is 6.35. The van der Waals surface area contributed by atoms with E-state index in [0.717, 1.165) is 6.07 Å². The van der Waals surface area contributed by atoms with Gasteiger partial charge in [-0.25, -0.2) is 4.39 Å². The first-order chi connectivity index (χ1) is 10.9. The molecule has 2 aromatic carbocycles. The zero-order valence-electron chi connectivity index (χ0n) is 12.1. The molecule has 0 saturated heterocycles. The monoisotopic (exact) mass is 351 g/mol. The van der Waals surface area contributed by atoms with Crippen molar-refractivity contribution in [2.75, 3.05) is 4.90 Å². The van der Waals surface area contributed by atoms with E-state index in [4.69, 9.17) is 23.2 Å². The van der Waals surface area contributed by atoms with E-state index in [-0.39, 0.29) is 29.7 Å². The predicted octanol–water partition coefficient (Wildman–Crippen LogP) is 4.75. The molecule has 3 rings (SSSR count). The van der Waals surface area contributed by atoms with Gasteiger partial charge in [-0.05, 0) is 43.3 Å². The summed E-state index contributed by atoms with van der Waals surface area (Å²) in [5.74, 6) is -1.02. The first-order valence-corrected chi connectivity index (χ1v) is 7.75. The maximum Gasteiger partial charge on any atom is 0.258 e. The number of rotatable bonds is 1. The molecule has 1 heterocycles. The van der Waals surface area contributed by atoms with Gasteiger partial charge in [0.05, 0.1) is 5.69 Å². The number of anilines is 1. The number of Topliss-reactive ketones (excluding diaryl/α,β-unsaturated/α-hetero) is 1. The van der Waals surface area contributed by atoms with Crippen molar-refractivity contribution in [2.24, 2.45) is 0 Å². The number of hydrogen-bond donors (Lipinski definition) is 0. The molecule has 6 heteroatoms. The number of hydrogen-bond acceptors (Lipinski definition) is 2. The minimum absolute atomic E-state index is 0.135. The van der Waals surface area contributed by atoms with Crippen LogP contribution in [0.1, 0.15) is 34.1 Å². The van der Waals surface area contributed by atoms with Gasteiger partial charge in [0, 0.05) is 33.6 Å². The van der Waals surface area contributed by atoms with Crippen LogP contribution in [-0.4, -0.2) is 17.7 Å². The van der Waals surface area contributed by atoms with Crippen LogP contribution in [0.5, 0.6) is 0 Å². The van der Waals surface area contributed by atoms with Crippen LogP contribution in [0.25, 0.3) is 0 Å². The Morgan fingerprint density at radius 2 is 1.83 bits per heavy atom. The lowest BCUT2D eigenvalue weighted by atomic mass is 9.94. The lowest BCUT2D eigenvalue weighted by Crippen LogP contribution is -2.44. The van der Waals surface area contributed by atoms with Gasteiger partial charge < -0.3 is 4.90 Å². The van der Waals surface area contributed by atoms with E-state index in [1.165, 1.54) is 35.2 Å². The molecule has 0 aromatic heterocycles. The van der Waals surface area contributed by atoms with Gasteiger partial charge in [-0.2, -0.15) is 0 Å². The number of fused-ring (bicyclic) bond motifs is 1. The Morgan fingerprint density at radius 3 is 2.48 bits per heavy atom. The first kappa shape index (κ1) is 16.0. The van der Waals surface area contributed by atoms with Crippen LogP contribution in [0, 0.1) is 5.82 Å². The van der Waals surface area contributed by atoms with Gasteiger partial charge in [-0.3, -0.25) is 9.59 Å². The fourth-order valence-electron chi connectivity index (χ4n) is 2.77. The maximum atomic E-state index is 13.4. The van der Waals surface area contributed by atoms with Crippen molar-refractivity contribution in [3.63, 3.8) is 0 Å². The van der Waals surface area contributed by atoms with E-state index in [2.05, 4.69) is 0 Å². The van der Waals surface area contributed by atoms with Crippen LogP contribution in [0.3, 0.4) is 0 Å². The van der Waals surface area contributed by atoms with Crippen molar-refractivity contribution < 1.29 is 14.0 Å². The molecule has 0 spiro atoms. The zero-order valence-corrected chi connectivity index (χ0v) is 13.7. The van der Waals surface area contributed by atoms with Crippen LogP contribution >= 0.6 is 23.2 Å². The van der Waals surface area contributed by atoms with Crippen molar-refractivity contribution in [3.05, 3.63) is 63.4 Å². The van der Waals surface area contributed by atoms with Gasteiger partial charge in [0.2, 0.25) is 0 Å². The molecule has 1 aliphatic rings. The fourth-order valence-corrected chi connectivity index (χ4v) is 3.30. The third-order valence-electron chi connectivity index (χ3n) is 3.77. The van der Waals surface area contributed by atoms with Crippen LogP contribution in [0.4, 0.5) is 10.1 Å². The summed E-state index contributed by atoms with van der Waals surface area (Å²) in [5, 5.41) is 0.696. The molecule has 1 amide bonds. The molecule has 0 bridgehead atoms. The molecule has 118 valence electrons. The van der Waals surface area contributed by atoms with E-state index < -0.39 is 5.82 Å². The zero-order chi connectivity index (χ0) is 16.7. The van der Waals surface area contributed by atoms with Crippen LogP contribution in [0.2, 0.25) is 10.0 Å². The van der Waals surface area contributed by atoms with Crippen molar-refractivity contribution in [3.8, 4) is 0 Å². The van der Waals surface area contributed by atoms with Gasteiger partial charge in [-0.1, -0.05) is 23.2 Å². The second-order valence-corrected chi connectivity index (χ2v) is 6.34. The Labute approximate surface area is 142 Å². The fraction of sp³-hybridized carbons (Fsp3) is 0.176. The quantitative estimate of drug-likeness (QED) is 0.743. The van der Waals surface area contributed by atoms with Gasteiger partial charge in [-0.15, -0.1) is 0 Å². The number of halogens is 3. The topological polar surface area (TPSA) is 37.4 Å². The summed E-state index contributed by atoms with van der Waals surface area (Å²) in [6.07, 6.45) is 0.135. The number of carbonyl (C=O) groups is 2. The van der Waals surface area contributed by atoms with E-state index in [1.54, 1.807) is 6.92 Å². The smallest absolute Gasteiger partial charge is 0.258 e. The molecular weight excluding hydrogens is 340 g/mol. The normalized spacial score (nSPS) is 17.1. The molecule has 0 N–H and O–H groups in total. The van der Waals surface area contributed by atoms with Crippen molar-refractivity contribution in [2.45, 2.75) is 19.4 Å². The molecule has 23 heavy (non-hydrogen) atoms. The summed E-state index contributed by atoms with van der Waals surface area (Å²) >= 11 is 11.9. The van der Waals surface area contributed by atoms with E-state index in [1.807, 2.05) is 0 Å². The number of ketones is 1. The Morgan fingerprint density at radius 1 is 1.17 bits per heavy atom. The molecular formula is C17H12Cl2FNO2. The molecule has 2 aromatic rings. The van der Waals surface area contributed by atoms with E-state index >= 15 is 0 Å². The van der Waals surface area contributed by atoms with Crippen molar-refractivity contribution in [1.82, 2.24) is 0 Å². The highest BCUT2D eigenvalue weighted by Gasteiger charge is 2.33. The molecule has 0 fully saturated rings. The Bertz CT molecular complexity index is 802. The number of nitrogens with zero attached hydrogens (tertiary/aromatic N) is 1. The molecule has 3 nitrogen and oxygen atoms in total. The summed E-state index contributed by atoms with van der Waals surface area (Å²) in [6.45, 7) is 1.77. The first-order valence-electron chi connectivity index (χ1n) is 6.99. The Kier molecular flexibility index (Phi) is 4.13. The largest absolute Gasteiger partial charge is 0.304 e. The summed E-state index contributed by atoms with van der Waals surface area (Å²) in [4.78, 5) is 26.5. The van der Waals surface area contributed by atoms with Crippen LogP contribution < -0.4 is 4.90 Å². The highest BCUT2D eigenvalue weighted by atomic mass is 35.5. The standard InChI is InChI=1S/C17H12Cl2FNO2/c1-9-4-16(22)14-8-13(20)2-3-15(14)21(9)17(23)10-5-11(18)7-12(19)6-10/h2-3,5-9H,4H2,1H3. The lowest BCUT2D eigenvalue weighted by molar-refractivity contribution is 0.0936. The third kappa shape index (κ3) is 2.96. The molecule has 1 unspecified atom stereocenters. The predicted molar refractivity (Wildman–Crippen MR) is 88.1 cm³/mol. The minimum atomic E-state index is -0.509. The molecule has 0 radical (unpaired) electrons. The summed E-state index contributed by atoms with van der Waals surface area (Å²) < 4.78 is 13.4. The van der Waals surface area contributed by atoms with Gasteiger partial charge in [0.1, 0.15) is 5.82 Å². The number of carbonyl (C=O) groups excluding carboxylic acids is 2. The average Bonchev–Trinajstić information content (AvgIpc) is 2.46. The van der Waals surface area contributed by atoms with Gasteiger partial charge in [0.25, 0.3) is 5.91 Å². The van der Waals surface area contributed by atoms with Crippen LogP contribution in [-0.2, 0) is 0 Å². The molecule has 0 aliphatic carbocycles. The SMILES string of the molecule is CC1CC(=O)c2cc(F)ccc2N1C(=O)c1cc(Cl)cc(Cl)c1. The molecule has 1 atom stereocenters. The summed E-state index contributed by atoms with van der Waals surface area (Å²) in [6, 6.07) is 8.06. The van der Waals surface area contributed by atoms with Gasteiger partial charge >= 0.3 is 0 Å². The molecule has 0 saturated carbocycles. The van der Waals surface area contributed by atoms with E-state index in [0.29, 0.717) is 21.3 Å². The summed E-state index contributed by atoms with van der Waals surface area (Å²) in [7, 11) is 0.